The van der Waals surface area contributed by atoms with Gasteiger partial charge in [0.15, 0.2) is 22.7 Å². The van der Waals surface area contributed by atoms with E-state index in [1.807, 2.05) is 24.3 Å². The minimum absolute atomic E-state index is 0.00179. The van der Waals surface area contributed by atoms with Crippen molar-refractivity contribution >= 4 is 28.6 Å². The average Bonchev–Trinajstić information content (AvgIpc) is 2.99. The standard InChI is InChI=1S/C42H68O7Si2/c1-27(2)34-17-15-16-18-36(34)45-29(4)40(44)47-37-25-32(48-50(11,12)41(5,6)7)23-30-20-19-28(3)35(39(30)37)22-21-31-24-33(26-38(43)46-31)49-51(13,14)42(8,9)10/h15-20,23,27-29,31-33,35,37,39H,21-22,24-26H2,1-14H3/t28-,29?,31+,32+,33+,35-,37-,39-/m0/s1. The molecule has 286 valence electrons. The number of para-hydroxylation sites is 1. The van der Waals surface area contributed by atoms with Crippen LogP contribution in [0.5, 0.6) is 5.75 Å². The monoisotopic (exact) mass is 740 g/mol. The predicted octanol–water partition coefficient (Wildman–Crippen LogP) is 10.5. The Bertz CT molecular complexity index is 1430. The number of carbonyl (C=O) groups excluding carboxylic acids is 2. The number of rotatable bonds is 12. The summed E-state index contributed by atoms with van der Waals surface area (Å²) in [5.41, 5.74) is 2.24. The summed E-state index contributed by atoms with van der Waals surface area (Å²) in [6.07, 6.45) is 8.39. The summed E-state index contributed by atoms with van der Waals surface area (Å²) in [7, 11) is -4.15. The fourth-order valence-electron chi connectivity index (χ4n) is 7.24. The molecule has 0 bridgehead atoms. The molecule has 0 aromatic heterocycles. The van der Waals surface area contributed by atoms with E-state index in [-0.39, 0.29) is 70.1 Å². The summed E-state index contributed by atoms with van der Waals surface area (Å²) in [6.45, 7) is 30.8. The van der Waals surface area contributed by atoms with Gasteiger partial charge in [-0.25, -0.2) is 4.79 Å². The largest absolute Gasteiger partial charge is 0.479 e. The summed E-state index contributed by atoms with van der Waals surface area (Å²) in [5, 5.41) is 0.111. The molecule has 3 aliphatic rings. The first-order valence-electron chi connectivity index (χ1n) is 19.4. The van der Waals surface area contributed by atoms with Crippen molar-refractivity contribution in [1.29, 1.82) is 0 Å². The summed E-state index contributed by atoms with van der Waals surface area (Å²) >= 11 is 0. The first-order valence-corrected chi connectivity index (χ1v) is 25.2. The number of allylic oxidation sites excluding steroid dienone is 2. The zero-order chi connectivity index (χ0) is 38.1. The normalized spacial score (nSPS) is 28.1. The molecule has 8 atom stereocenters. The van der Waals surface area contributed by atoms with Crippen molar-refractivity contribution in [2.45, 2.75) is 174 Å². The Hall–Kier alpha value is -2.21. The van der Waals surface area contributed by atoms with Crippen molar-refractivity contribution in [3.8, 4) is 5.75 Å². The van der Waals surface area contributed by atoms with Crippen LogP contribution in [0.15, 0.2) is 48.1 Å². The van der Waals surface area contributed by atoms with Gasteiger partial charge in [-0.3, -0.25) is 4.79 Å². The summed E-state index contributed by atoms with van der Waals surface area (Å²) in [5.74, 6) is 0.904. The Morgan fingerprint density at radius 3 is 2.18 bits per heavy atom. The lowest BCUT2D eigenvalue weighted by molar-refractivity contribution is -0.164. The van der Waals surface area contributed by atoms with Gasteiger partial charge < -0.3 is 23.1 Å². The van der Waals surface area contributed by atoms with Gasteiger partial charge >= 0.3 is 11.9 Å². The van der Waals surface area contributed by atoms with Crippen LogP contribution >= 0.6 is 0 Å². The average molecular weight is 741 g/mol. The van der Waals surface area contributed by atoms with E-state index in [2.05, 4.69) is 107 Å². The van der Waals surface area contributed by atoms with Crippen molar-refractivity contribution in [1.82, 2.24) is 0 Å². The van der Waals surface area contributed by atoms with Gasteiger partial charge in [0.1, 0.15) is 18.0 Å². The van der Waals surface area contributed by atoms with Gasteiger partial charge in [-0.1, -0.05) is 98.7 Å². The number of esters is 2. The molecule has 0 spiro atoms. The van der Waals surface area contributed by atoms with Crippen LogP contribution in [0.3, 0.4) is 0 Å². The van der Waals surface area contributed by atoms with Crippen molar-refractivity contribution in [2.24, 2.45) is 17.8 Å². The maximum absolute atomic E-state index is 13.9. The number of benzene rings is 1. The molecular formula is C42H68O7Si2. The molecule has 1 aromatic carbocycles. The second kappa shape index (κ2) is 16.0. The number of hydrogen-bond donors (Lipinski definition) is 0. The van der Waals surface area contributed by atoms with Crippen molar-refractivity contribution in [3.63, 3.8) is 0 Å². The van der Waals surface area contributed by atoms with E-state index in [4.69, 9.17) is 23.1 Å². The van der Waals surface area contributed by atoms with Gasteiger partial charge in [0.2, 0.25) is 0 Å². The summed E-state index contributed by atoms with van der Waals surface area (Å²) < 4.78 is 32.4. The highest BCUT2D eigenvalue weighted by Crippen LogP contribution is 2.47. The molecule has 0 amide bonds. The van der Waals surface area contributed by atoms with Crippen LogP contribution in [0.2, 0.25) is 36.3 Å². The number of ether oxygens (including phenoxy) is 3. The second-order valence-electron chi connectivity index (χ2n) is 18.8. The Labute approximate surface area is 311 Å². The van der Waals surface area contributed by atoms with Gasteiger partial charge in [-0.05, 0) is 91.0 Å². The molecule has 1 heterocycles. The SMILES string of the molecule is CC(Oc1ccccc1C(C)C)C(=O)O[C@H]1C[C@H](O[Si](C)(C)C(C)(C)C)C=C2C=C[C@H](C)[C@H](CC[C@@H]3C[C@@H](O[Si](C)(C)C(C)(C)C)CC(=O)O3)[C@H]21. The van der Waals surface area contributed by atoms with Crippen LogP contribution in [-0.4, -0.2) is 59.1 Å². The van der Waals surface area contributed by atoms with E-state index in [1.54, 1.807) is 6.92 Å². The van der Waals surface area contributed by atoms with Crippen LogP contribution in [0.25, 0.3) is 0 Å². The predicted molar refractivity (Wildman–Crippen MR) is 211 cm³/mol. The van der Waals surface area contributed by atoms with E-state index >= 15 is 0 Å². The lowest BCUT2D eigenvalue weighted by Gasteiger charge is -2.46. The third kappa shape index (κ3) is 10.3. The van der Waals surface area contributed by atoms with E-state index in [1.165, 1.54) is 5.57 Å². The van der Waals surface area contributed by atoms with Crippen LogP contribution in [0, 0.1) is 17.8 Å². The molecule has 0 saturated carbocycles. The highest BCUT2D eigenvalue weighted by Gasteiger charge is 2.47. The highest BCUT2D eigenvalue weighted by atomic mass is 28.4. The number of fused-ring (bicyclic) bond motifs is 1. The van der Waals surface area contributed by atoms with E-state index in [0.29, 0.717) is 18.6 Å². The van der Waals surface area contributed by atoms with Crippen LogP contribution in [0.4, 0.5) is 0 Å². The number of cyclic esters (lactones) is 1. The summed E-state index contributed by atoms with van der Waals surface area (Å²) in [4.78, 5) is 26.7. The van der Waals surface area contributed by atoms with E-state index in [9.17, 15) is 9.59 Å². The first-order chi connectivity index (χ1) is 23.5. The molecule has 51 heavy (non-hydrogen) atoms. The van der Waals surface area contributed by atoms with Gasteiger partial charge in [0.05, 0.1) is 18.6 Å². The van der Waals surface area contributed by atoms with Crippen molar-refractivity contribution in [2.75, 3.05) is 0 Å². The molecule has 1 aliphatic heterocycles. The van der Waals surface area contributed by atoms with Crippen LogP contribution < -0.4 is 4.74 Å². The Kier molecular flexibility index (Phi) is 13.1. The molecule has 0 N–H and O–H groups in total. The maximum atomic E-state index is 13.9. The Balaban J connectivity index is 1.56. The first kappa shape index (κ1) is 41.5. The zero-order valence-corrected chi connectivity index (χ0v) is 36.1. The third-order valence-electron chi connectivity index (χ3n) is 12.4. The molecule has 9 heteroatoms. The molecule has 7 nitrogen and oxygen atoms in total. The minimum atomic E-state index is -2.11. The molecule has 2 aliphatic carbocycles. The molecule has 1 fully saturated rings. The summed E-state index contributed by atoms with van der Waals surface area (Å²) in [6, 6.07) is 7.90. The fraction of sp³-hybridized carbons (Fsp3) is 0.714. The van der Waals surface area contributed by atoms with Crippen molar-refractivity contribution < 1.29 is 32.7 Å². The number of hydrogen-bond acceptors (Lipinski definition) is 7. The topological polar surface area (TPSA) is 80.3 Å². The maximum Gasteiger partial charge on any atom is 0.347 e. The Morgan fingerprint density at radius 2 is 1.55 bits per heavy atom. The molecule has 1 saturated heterocycles. The van der Waals surface area contributed by atoms with Gasteiger partial charge in [0, 0.05) is 18.8 Å². The van der Waals surface area contributed by atoms with Gasteiger partial charge in [-0.2, -0.15) is 0 Å². The minimum Gasteiger partial charge on any atom is -0.479 e. The smallest absolute Gasteiger partial charge is 0.347 e. The van der Waals surface area contributed by atoms with E-state index < -0.39 is 22.7 Å². The van der Waals surface area contributed by atoms with Gasteiger partial charge in [-0.15, -0.1) is 0 Å². The zero-order valence-electron chi connectivity index (χ0n) is 34.1. The quantitative estimate of drug-likeness (QED) is 0.156. The molecule has 1 aromatic rings. The highest BCUT2D eigenvalue weighted by molar-refractivity contribution is 6.74. The lowest BCUT2D eigenvalue weighted by atomic mass is 9.66. The van der Waals surface area contributed by atoms with Crippen molar-refractivity contribution in [3.05, 3.63) is 53.6 Å². The molecular weight excluding hydrogens is 673 g/mol. The fourth-order valence-corrected chi connectivity index (χ4v) is 9.88. The molecule has 0 radical (unpaired) electrons. The van der Waals surface area contributed by atoms with Crippen LogP contribution in [0.1, 0.15) is 113 Å². The second-order valence-corrected chi connectivity index (χ2v) is 28.3. The third-order valence-corrected chi connectivity index (χ3v) is 21.4. The number of carbonyl (C=O) groups is 2. The van der Waals surface area contributed by atoms with Crippen LogP contribution in [-0.2, 0) is 27.9 Å². The molecule has 1 unspecified atom stereocenters. The Morgan fingerprint density at radius 1 is 0.922 bits per heavy atom. The van der Waals surface area contributed by atoms with Gasteiger partial charge in [0.25, 0.3) is 0 Å². The molecule has 4 rings (SSSR count). The van der Waals surface area contributed by atoms with E-state index in [0.717, 1.165) is 24.8 Å². The lowest BCUT2D eigenvalue weighted by Crippen LogP contribution is -2.49.